The topological polar surface area (TPSA) is 57.6 Å². The fourth-order valence-electron chi connectivity index (χ4n) is 1.82. The van der Waals surface area contributed by atoms with E-state index in [2.05, 4.69) is 0 Å². The van der Waals surface area contributed by atoms with Gasteiger partial charge >= 0.3 is 0 Å². The van der Waals surface area contributed by atoms with Gasteiger partial charge in [0, 0.05) is 0 Å². The van der Waals surface area contributed by atoms with Crippen LogP contribution < -0.4 is 15.2 Å². The first kappa shape index (κ1) is 12.8. The number of hydrogen-bond donors (Lipinski definition) is 1. The maximum absolute atomic E-state index is 6.17. The number of hydrogen-bond acceptors (Lipinski definition) is 4. The Bertz CT molecular complexity index is 517. The third-order valence-electron chi connectivity index (χ3n) is 2.68. The van der Waals surface area contributed by atoms with Crippen molar-refractivity contribution in [3.63, 3.8) is 0 Å². The molecule has 4 nitrogen and oxygen atoms in total. The molecule has 0 aliphatic rings. The SMILES string of the molecule is COc1cccc(OC)c1C(N)c1ccc(Cl)o1. The van der Waals surface area contributed by atoms with E-state index < -0.39 is 6.04 Å². The summed E-state index contributed by atoms with van der Waals surface area (Å²) in [5.74, 6) is 1.85. The normalized spacial score (nSPS) is 12.2. The van der Waals surface area contributed by atoms with Crippen LogP contribution in [0.2, 0.25) is 5.22 Å². The van der Waals surface area contributed by atoms with Gasteiger partial charge in [0.1, 0.15) is 17.3 Å². The van der Waals surface area contributed by atoms with Crippen molar-refractivity contribution in [3.05, 3.63) is 46.9 Å². The van der Waals surface area contributed by atoms with Crippen molar-refractivity contribution in [1.82, 2.24) is 0 Å². The average molecular weight is 268 g/mol. The van der Waals surface area contributed by atoms with Gasteiger partial charge in [-0.1, -0.05) is 6.07 Å². The predicted molar refractivity (Wildman–Crippen MR) is 69.3 cm³/mol. The smallest absolute Gasteiger partial charge is 0.193 e. The molecule has 0 aliphatic carbocycles. The number of benzene rings is 1. The highest BCUT2D eigenvalue weighted by Crippen LogP contribution is 2.36. The highest BCUT2D eigenvalue weighted by Gasteiger charge is 2.21. The molecule has 1 aromatic carbocycles. The third-order valence-corrected chi connectivity index (χ3v) is 2.88. The van der Waals surface area contributed by atoms with Gasteiger partial charge in [-0.25, -0.2) is 0 Å². The first-order valence-electron chi connectivity index (χ1n) is 5.39. The largest absolute Gasteiger partial charge is 0.496 e. The van der Waals surface area contributed by atoms with Crippen molar-refractivity contribution in [2.75, 3.05) is 14.2 Å². The Morgan fingerprint density at radius 2 is 1.72 bits per heavy atom. The van der Waals surface area contributed by atoms with Crippen LogP contribution in [-0.2, 0) is 0 Å². The number of halogens is 1. The summed E-state index contributed by atoms with van der Waals surface area (Å²) in [5.41, 5.74) is 6.90. The van der Waals surface area contributed by atoms with E-state index in [-0.39, 0.29) is 0 Å². The van der Waals surface area contributed by atoms with Crippen molar-refractivity contribution in [2.24, 2.45) is 5.73 Å². The lowest BCUT2D eigenvalue weighted by atomic mass is 10.0. The summed E-state index contributed by atoms with van der Waals surface area (Å²) >= 11 is 5.75. The molecule has 0 fully saturated rings. The molecule has 0 radical (unpaired) electrons. The average Bonchev–Trinajstić information content (AvgIpc) is 2.83. The second-order valence-corrected chi connectivity index (χ2v) is 4.07. The second kappa shape index (κ2) is 5.33. The summed E-state index contributed by atoms with van der Waals surface area (Å²) in [5, 5.41) is 0.300. The maximum atomic E-state index is 6.17. The zero-order valence-corrected chi connectivity index (χ0v) is 10.9. The van der Waals surface area contributed by atoms with E-state index in [1.165, 1.54) is 0 Å². The van der Waals surface area contributed by atoms with Crippen LogP contribution in [-0.4, -0.2) is 14.2 Å². The van der Waals surface area contributed by atoms with Gasteiger partial charge in [0.2, 0.25) is 0 Å². The lowest BCUT2D eigenvalue weighted by Gasteiger charge is -2.17. The van der Waals surface area contributed by atoms with Crippen LogP contribution in [0.3, 0.4) is 0 Å². The molecule has 0 saturated heterocycles. The molecule has 5 heteroatoms. The van der Waals surface area contributed by atoms with E-state index in [0.29, 0.717) is 22.5 Å². The number of rotatable bonds is 4. The Labute approximate surface area is 110 Å². The van der Waals surface area contributed by atoms with Gasteiger partial charge in [-0.3, -0.25) is 0 Å². The first-order chi connectivity index (χ1) is 8.67. The monoisotopic (exact) mass is 267 g/mol. The van der Waals surface area contributed by atoms with Crippen LogP contribution in [0.1, 0.15) is 17.4 Å². The van der Waals surface area contributed by atoms with E-state index in [1.54, 1.807) is 26.4 Å². The molecular formula is C13H14ClNO3. The molecule has 1 unspecified atom stereocenters. The molecule has 0 spiro atoms. The minimum absolute atomic E-state index is 0.300. The van der Waals surface area contributed by atoms with Crippen LogP contribution in [0.15, 0.2) is 34.7 Å². The molecule has 0 aliphatic heterocycles. The second-order valence-electron chi connectivity index (χ2n) is 3.70. The van der Waals surface area contributed by atoms with Crippen LogP contribution in [0, 0.1) is 0 Å². The van der Waals surface area contributed by atoms with Crippen LogP contribution in [0.4, 0.5) is 0 Å². The summed E-state index contributed by atoms with van der Waals surface area (Å²) in [7, 11) is 3.17. The Morgan fingerprint density at radius 3 is 2.17 bits per heavy atom. The predicted octanol–water partition coefficient (Wildman–Crippen LogP) is 3.00. The fourth-order valence-corrected chi connectivity index (χ4v) is 1.98. The molecule has 1 aromatic heterocycles. The van der Waals surface area contributed by atoms with Crippen LogP contribution in [0.5, 0.6) is 11.5 Å². The van der Waals surface area contributed by atoms with E-state index in [0.717, 1.165) is 5.56 Å². The van der Waals surface area contributed by atoms with Crippen LogP contribution in [0.25, 0.3) is 0 Å². The summed E-state index contributed by atoms with van der Waals surface area (Å²) in [6.45, 7) is 0. The minimum atomic E-state index is -0.497. The number of nitrogens with two attached hydrogens (primary N) is 1. The summed E-state index contributed by atoms with van der Waals surface area (Å²) in [6.07, 6.45) is 0. The number of furan rings is 1. The first-order valence-corrected chi connectivity index (χ1v) is 5.77. The molecule has 96 valence electrons. The molecule has 2 N–H and O–H groups in total. The van der Waals surface area contributed by atoms with Gasteiger partial charge in [0.05, 0.1) is 25.8 Å². The van der Waals surface area contributed by atoms with Crippen molar-refractivity contribution in [3.8, 4) is 11.5 Å². The van der Waals surface area contributed by atoms with Gasteiger partial charge in [-0.05, 0) is 35.9 Å². The van der Waals surface area contributed by atoms with Crippen LogP contribution >= 0.6 is 11.6 Å². The zero-order chi connectivity index (χ0) is 13.1. The Balaban J connectivity index is 2.48. The van der Waals surface area contributed by atoms with Gasteiger partial charge < -0.3 is 19.6 Å². The summed E-state index contributed by atoms with van der Waals surface area (Å²) in [4.78, 5) is 0. The molecule has 0 bridgehead atoms. The molecular weight excluding hydrogens is 254 g/mol. The maximum Gasteiger partial charge on any atom is 0.193 e. The zero-order valence-electron chi connectivity index (χ0n) is 10.1. The fraction of sp³-hybridized carbons (Fsp3) is 0.231. The van der Waals surface area contributed by atoms with E-state index >= 15 is 0 Å². The molecule has 0 amide bonds. The highest BCUT2D eigenvalue weighted by molar-refractivity contribution is 6.28. The van der Waals surface area contributed by atoms with Gasteiger partial charge in [-0.15, -0.1) is 0 Å². The lowest BCUT2D eigenvalue weighted by Crippen LogP contribution is -2.13. The van der Waals surface area contributed by atoms with E-state index in [1.807, 2.05) is 18.2 Å². The van der Waals surface area contributed by atoms with Gasteiger partial charge in [0.15, 0.2) is 5.22 Å². The molecule has 18 heavy (non-hydrogen) atoms. The van der Waals surface area contributed by atoms with Gasteiger partial charge in [0.25, 0.3) is 0 Å². The van der Waals surface area contributed by atoms with Crippen molar-refractivity contribution < 1.29 is 13.9 Å². The quantitative estimate of drug-likeness (QED) is 0.925. The van der Waals surface area contributed by atoms with E-state index in [4.69, 9.17) is 31.2 Å². The Hall–Kier alpha value is -1.65. The minimum Gasteiger partial charge on any atom is -0.496 e. The number of methoxy groups -OCH3 is 2. The van der Waals surface area contributed by atoms with Crippen molar-refractivity contribution in [2.45, 2.75) is 6.04 Å². The highest BCUT2D eigenvalue weighted by atomic mass is 35.5. The summed E-state index contributed by atoms with van der Waals surface area (Å²) < 4.78 is 15.9. The number of ether oxygens (including phenoxy) is 2. The van der Waals surface area contributed by atoms with Gasteiger partial charge in [-0.2, -0.15) is 0 Å². The molecule has 1 heterocycles. The van der Waals surface area contributed by atoms with Crippen molar-refractivity contribution in [1.29, 1.82) is 0 Å². The molecule has 2 aromatic rings. The Morgan fingerprint density at radius 1 is 1.11 bits per heavy atom. The van der Waals surface area contributed by atoms with E-state index in [9.17, 15) is 0 Å². The lowest BCUT2D eigenvalue weighted by molar-refractivity contribution is 0.376. The Kier molecular flexibility index (Phi) is 3.79. The third kappa shape index (κ3) is 2.30. The van der Waals surface area contributed by atoms with Crippen molar-refractivity contribution >= 4 is 11.6 Å². The molecule has 2 rings (SSSR count). The standard InChI is InChI=1S/C13H14ClNO3/c1-16-8-4-3-5-9(17-2)12(8)13(15)10-6-7-11(14)18-10/h3-7,13H,15H2,1-2H3. The summed E-state index contributed by atoms with van der Waals surface area (Å²) in [6, 6.07) is 8.37. The molecule has 1 atom stereocenters. The molecule has 0 saturated carbocycles.